The highest BCUT2D eigenvalue weighted by molar-refractivity contribution is 7.89. The van der Waals surface area contributed by atoms with Crippen molar-refractivity contribution in [1.29, 1.82) is 0 Å². The summed E-state index contributed by atoms with van der Waals surface area (Å²) in [6, 6.07) is 12.6. The van der Waals surface area contributed by atoms with Crippen molar-refractivity contribution >= 4 is 15.9 Å². The molecule has 1 amide bonds. The van der Waals surface area contributed by atoms with E-state index >= 15 is 0 Å². The first-order valence-corrected chi connectivity index (χ1v) is 11.4. The molecule has 6 nitrogen and oxygen atoms in total. The lowest BCUT2D eigenvalue weighted by molar-refractivity contribution is -0.124. The van der Waals surface area contributed by atoms with E-state index in [1.165, 1.54) is 17.2 Å². The highest BCUT2D eigenvalue weighted by atomic mass is 32.2. The van der Waals surface area contributed by atoms with Crippen LogP contribution in [0.5, 0.6) is 5.75 Å². The number of amides is 1. The molecular formula is C22H28N2O4S. The van der Waals surface area contributed by atoms with E-state index in [1.807, 2.05) is 12.1 Å². The van der Waals surface area contributed by atoms with Gasteiger partial charge in [-0.3, -0.25) is 4.79 Å². The zero-order chi connectivity index (χ0) is 21.0. The number of ether oxygens (including phenoxy) is 1. The molecule has 7 heteroatoms. The lowest BCUT2D eigenvalue weighted by Crippen LogP contribution is -2.34. The molecule has 156 valence electrons. The van der Waals surface area contributed by atoms with Crippen LogP contribution in [0, 0.1) is 6.92 Å². The Hall–Kier alpha value is -2.38. The van der Waals surface area contributed by atoms with Gasteiger partial charge in [0.05, 0.1) is 10.9 Å². The third-order valence-electron chi connectivity index (χ3n) is 4.91. The number of benzene rings is 2. The van der Waals surface area contributed by atoms with Crippen molar-refractivity contribution in [2.45, 2.75) is 57.0 Å². The summed E-state index contributed by atoms with van der Waals surface area (Å²) in [6.45, 7) is 5.19. The summed E-state index contributed by atoms with van der Waals surface area (Å²) in [4.78, 5) is 12.6. The number of hydrogen-bond donors (Lipinski definition) is 2. The van der Waals surface area contributed by atoms with Crippen molar-refractivity contribution in [2.75, 3.05) is 6.61 Å². The summed E-state index contributed by atoms with van der Waals surface area (Å²) in [5.74, 6) is 0.303. The third kappa shape index (κ3) is 5.36. The van der Waals surface area contributed by atoms with E-state index in [0.29, 0.717) is 11.3 Å². The van der Waals surface area contributed by atoms with Crippen LogP contribution in [0.15, 0.2) is 47.4 Å². The minimum atomic E-state index is -3.56. The van der Waals surface area contributed by atoms with Gasteiger partial charge in [-0.2, -0.15) is 0 Å². The first kappa shape index (κ1) is 21.3. The molecule has 2 aromatic rings. The van der Waals surface area contributed by atoms with Crippen LogP contribution >= 0.6 is 0 Å². The van der Waals surface area contributed by atoms with Gasteiger partial charge in [0, 0.05) is 6.04 Å². The van der Waals surface area contributed by atoms with Gasteiger partial charge in [0.15, 0.2) is 6.61 Å². The molecule has 29 heavy (non-hydrogen) atoms. The number of carbonyl (C=O) groups excluding carboxylic acids is 1. The maximum Gasteiger partial charge on any atom is 0.258 e. The first-order chi connectivity index (χ1) is 13.8. The van der Waals surface area contributed by atoms with Gasteiger partial charge in [-0.05, 0) is 74.9 Å². The Bertz CT molecular complexity index is 986. The zero-order valence-corrected chi connectivity index (χ0v) is 17.9. The summed E-state index contributed by atoms with van der Waals surface area (Å²) >= 11 is 0. The molecule has 1 aliphatic carbocycles. The summed E-state index contributed by atoms with van der Waals surface area (Å²) in [5, 5.41) is 3.05. The van der Waals surface area contributed by atoms with Crippen LogP contribution in [0.3, 0.4) is 0 Å². The molecule has 0 fully saturated rings. The first-order valence-electron chi connectivity index (χ1n) is 9.89. The van der Waals surface area contributed by atoms with Gasteiger partial charge in [0.25, 0.3) is 5.91 Å². The molecule has 1 aliphatic rings. The molecule has 0 bridgehead atoms. The van der Waals surface area contributed by atoms with Crippen LogP contribution in [-0.2, 0) is 21.2 Å². The third-order valence-corrected chi connectivity index (χ3v) is 6.57. The Morgan fingerprint density at radius 1 is 1.21 bits per heavy atom. The number of sulfonamides is 1. The van der Waals surface area contributed by atoms with Crippen LogP contribution in [0.1, 0.15) is 49.4 Å². The van der Waals surface area contributed by atoms with Gasteiger partial charge >= 0.3 is 0 Å². The Morgan fingerprint density at radius 3 is 2.69 bits per heavy atom. The van der Waals surface area contributed by atoms with Crippen molar-refractivity contribution in [3.05, 3.63) is 59.2 Å². The quantitative estimate of drug-likeness (QED) is 0.726. The van der Waals surface area contributed by atoms with Gasteiger partial charge in [0.1, 0.15) is 5.75 Å². The second kappa shape index (κ2) is 8.97. The predicted molar refractivity (Wildman–Crippen MR) is 112 cm³/mol. The van der Waals surface area contributed by atoms with Crippen molar-refractivity contribution in [1.82, 2.24) is 10.0 Å². The molecule has 1 atom stereocenters. The molecule has 2 N–H and O–H groups in total. The highest BCUT2D eigenvalue weighted by Crippen LogP contribution is 2.29. The number of aryl methyl sites for hydroxylation is 2. The lowest BCUT2D eigenvalue weighted by atomic mass is 9.88. The van der Waals surface area contributed by atoms with E-state index < -0.39 is 10.0 Å². The second-order valence-electron chi connectivity index (χ2n) is 7.70. The lowest BCUT2D eigenvalue weighted by Gasteiger charge is -2.26. The molecule has 0 saturated heterocycles. The fraction of sp³-hybridized carbons (Fsp3) is 0.409. The number of nitrogens with one attached hydrogen (secondary N) is 2. The number of hydrogen-bond acceptors (Lipinski definition) is 4. The zero-order valence-electron chi connectivity index (χ0n) is 17.1. The Labute approximate surface area is 172 Å². The SMILES string of the molecule is Cc1cc(S(=O)(=O)NC(C)C)ccc1OCC(=O)N[C@H]1CCCc2ccccc21. The Balaban J connectivity index is 1.61. The van der Waals surface area contributed by atoms with Crippen molar-refractivity contribution in [3.8, 4) is 5.75 Å². The van der Waals surface area contributed by atoms with Crippen LogP contribution in [-0.4, -0.2) is 27.0 Å². The fourth-order valence-electron chi connectivity index (χ4n) is 3.61. The topological polar surface area (TPSA) is 84.5 Å². The van der Waals surface area contributed by atoms with E-state index in [9.17, 15) is 13.2 Å². The van der Waals surface area contributed by atoms with Crippen molar-refractivity contribution in [2.24, 2.45) is 0 Å². The van der Waals surface area contributed by atoms with Crippen molar-refractivity contribution in [3.63, 3.8) is 0 Å². The molecule has 0 unspecified atom stereocenters. The van der Waals surface area contributed by atoms with E-state index in [-0.39, 0.29) is 29.5 Å². The average Bonchev–Trinajstić information content (AvgIpc) is 2.66. The summed E-state index contributed by atoms with van der Waals surface area (Å²) in [6.07, 6.45) is 3.00. The minimum Gasteiger partial charge on any atom is -0.484 e. The molecule has 0 radical (unpaired) electrons. The van der Waals surface area contributed by atoms with Crippen LogP contribution in [0.25, 0.3) is 0 Å². The van der Waals surface area contributed by atoms with Gasteiger partial charge < -0.3 is 10.1 Å². The number of carbonyl (C=O) groups is 1. The molecular weight excluding hydrogens is 388 g/mol. The van der Waals surface area contributed by atoms with E-state index in [0.717, 1.165) is 19.3 Å². The fourth-order valence-corrected chi connectivity index (χ4v) is 4.95. The average molecular weight is 417 g/mol. The largest absolute Gasteiger partial charge is 0.484 e. The van der Waals surface area contributed by atoms with Crippen LogP contribution in [0.2, 0.25) is 0 Å². The van der Waals surface area contributed by atoms with Gasteiger partial charge in [-0.1, -0.05) is 24.3 Å². The monoisotopic (exact) mass is 416 g/mol. The predicted octanol–water partition coefficient (Wildman–Crippen LogP) is 3.25. The molecule has 0 aliphatic heterocycles. The smallest absolute Gasteiger partial charge is 0.258 e. The summed E-state index contributed by atoms with van der Waals surface area (Å²) in [7, 11) is -3.56. The summed E-state index contributed by atoms with van der Waals surface area (Å²) in [5.41, 5.74) is 3.12. The molecule has 0 saturated carbocycles. The van der Waals surface area contributed by atoms with Gasteiger partial charge in [-0.25, -0.2) is 13.1 Å². The van der Waals surface area contributed by atoms with Crippen molar-refractivity contribution < 1.29 is 17.9 Å². The highest BCUT2D eigenvalue weighted by Gasteiger charge is 2.22. The van der Waals surface area contributed by atoms with Crippen LogP contribution in [0.4, 0.5) is 0 Å². The molecule has 0 heterocycles. The number of fused-ring (bicyclic) bond motifs is 1. The van der Waals surface area contributed by atoms with Gasteiger partial charge in [-0.15, -0.1) is 0 Å². The second-order valence-corrected chi connectivity index (χ2v) is 9.42. The molecule has 0 aromatic heterocycles. The maximum absolute atomic E-state index is 12.4. The van der Waals surface area contributed by atoms with Gasteiger partial charge in [0.2, 0.25) is 10.0 Å². The Kier molecular flexibility index (Phi) is 6.59. The van der Waals surface area contributed by atoms with E-state index in [4.69, 9.17) is 4.74 Å². The van der Waals surface area contributed by atoms with E-state index in [2.05, 4.69) is 22.2 Å². The minimum absolute atomic E-state index is 0.00627. The molecule has 0 spiro atoms. The molecule has 3 rings (SSSR count). The van der Waals surface area contributed by atoms with E-state index in [1.54, 1.807) is 32.9 Å². The van der Waals surface area contributed by atoms with Crippen LogP contribution < -0.4 is 14.8 Å². The normalized spacial score (nSPS) is 16.3. The number of rotatable bonds is 7. The standard InChI is InChI=1S/C22H28N2O4S/c1-15(2)24-29(26,27)18-11-12-21(16(3)13-18)28-14-22(25)23-20-10-6-8-17-7-4-5-9-19(17)20/h4-5,7,9,11-13,15,20,24H,6,8,10,14H2,1-3H3,(H,23,25)/t20-/m0/s1. The summed E-state index contributed by atoms with van der Waals surface area (Å²) < 4.78 is 32.8. The Morgan fingerprint density at radius 2 is 1.97 bits per heavy atom. The maximum atomic E-state index is 12.4. The molecule has 2 aromatic carbocycles.